The predicted molar refractivity (Wildman–Crippen MR) is 88.1 cm³/mol. The molecule has 3 heterocycles. The molecular weight excluding hydrogens is 296 g/mol. The third kappa shape index (κ3) is 2.04. The first-order valence-corrected chi connectivity index (χ1v) is 7.43. The first kappa shape index (κ1) is 13.2. The Hall–Kier alpha value is -2.46. The van der Waals surface area contributed by atoms with E-state index in [0.29, 0.717) is 11.6 Å². The second-order valence-electron chi connectivity index (χ2n) is 5.21. The number of rotatable bonds is 2. The maximum atomic E-state index is 6.59. The van der Waals surface area contributed by atoms with E-state index in [1.807, 2.05) is 54.1 Å². The van der Waals surface area contributed by atoms with E-state index in [-0.39, 0.29) is 0 Å². The number of aromatic nitrogens is 4. The molecule has 0 N–H and O–H groups in total. The molecule has 4 nitrogen and oxygen atoms in total. The maximum absolute atomic E-state index is 6.59. The van der Waals surface area contributed by atoms with Crippen molar-refractivity contribution in [2.75, 3.05) is 0 Å². The molecule has 0 amide bonds. The van der Waals surface area contributed by atoms with Gasteiger partial charge in [0.05, 0.1) is 33.9 Å². The van der Waals surface area contributed by atoms with Crippen LogP contribution in [0.15, 0.2) is 48.7 Å². The number of aryl methyl sites for hydroxylation is 1. The summed E-state index contributed by atoms with van der Waals surface area (Å²) in [5.41, 5.74) is 3.50. The number of hydrogen-bond donors (Lipinski definition) is 0. The third-order valence-corrected chi connectivity index (χ3v) is 4.12. The first-order chi connectivity index (χ1) is 10.7. The maximum Gasteiger partial charge on any atom is 0.160 e. The molecule has 0 saturated carbocycles. The molecule has 5 heteroatoms. The van der Waals surface area contributed by atoms with Crippen LogP contribution in [0, 0.1) is 6.92 Å². The molecule has 0 aliphatic heterocycles. The lowest BCUT2D eigenvalue weighted by atomic mass is 10.1. The van der Waals surface area contributed by atoms with Gasteiger partial charge in [-0.1, -0.05) is 35.9 Å². The Balaban J connectivity index is 1.97. The van der Waals surface area contributed by atoms with Gasteiger partial charge in [-0.2, -0.15) is 5.10 Å². The van der Waals surface area contributed by atoms with Crippen LogP contribution in [0.2, 0.25) is 5.02 Å². The molecule has 4 aromatic rings. The summed E-state index contributed by atoms with van der Waals surface area (Å²) in [5, 5.41) is 7.18. The van der Waals surface area contributed by atoms with Crippen LogP contribution in [-0.2, 0) is 6.54 Å². The minimum atomic E-state index is 0.576. The Morgan fingerprint density at radius 2 is 1.91 bits per heavy atom. The molecule has 0 saturated heterocycles. The van der Waals surface area contributed by atoms with E-state index in [1.165, 1.54) is 0 Å². The minimum Gasteiger partial charge on any atom is -0.259 e. The molecular formula is C17H13ClN4. The second-order valence-corrected chi connectivity index (χ2v) is 5.58. The molecule has 3 aromatic heterocycles. The van der Waals surface area contributed by atoms with Crippen LogP contribution in [0.5, 0.6) is 0 Å². The normalized spacial score (nSPS) is 11.4. The van der Waals surface area contributed by atoms with E-state index in [4.69, 9.17) is 16.6 Å². The molecule has 0 aliphatic carbocycles. The number of pyridine rings is 2. The molecule has 1 aromatic carbocycles. The molecule has 4 rings (SSSR count). The smallest absolute Gasteiger partial charge is 0.160 e. The summed E-state index contributed by atoms with van der Waals surface area (Å²) in [5.74, 6) is 0. The van der Waals surface area contributed by atoms with Gasteiger partial charge in [0.25, 0.3) is 0 Å². The van der Waals surface area contributed by atoms with Gasteiger partial charge in [-0.05, 0) is 25.1 Å². The Morgan fingerprint density at radius 1 is 1.09 bits per heavy atom. The highest BCUT2D eigenvalue weighted by atomic mass is 35.5. The van der Waals surface area contributed by atoms with Crippen molar-refractivity contribution in [1.29, 1.82) is 0 Å². The summed E-state index contributed by atoms with van der Waals surface area (Å²) >= 11 is 6.59. The van der Waals surface area contributed by atoms with Gasteiger partial charge in [-0.25, -0.2) is 9.67 Å². The summed E-state index contributed by atoms with van der Waals surface area (Å²) in [6, 6.07) is 13.7. The monoisotopic (exact) mass is 308 g/mol. The molecule has 22 heavy (non-hydrogen) atoms. The van der Waals surface area contributed by atoms with Gasteiger partial charge >= 0.3 is 0 Å². The van der Waals surface area contributed by atoms with Gasteiger partial charge in [-0.15, -0.1) is 0 Å². The summed E-state index contributed by atoms with van der Waals surface area (Å²) < 4.78 is 1.87. The van der Waals surface area contributed by atoms with Gasteiger partial charge in [0.2, 0.25) is 0 Å². The molecule has 0 spiro atoms. The van der Waals surface area contributed by atoms with Crippen LogP contribution in [-0.4, -0.2) is 19.7 Å². The Kier molecular flexibility index (Phi) is 3.05. The van der Waals surface area contributed by atoms with Crippen molar-refractivity contribution in [2.45, 2.75) is 13.5 Å². The van der Waals surface area contributed by atoms with Crippen molar-refractivity contribution in [3.05, 3.63) is 65.1 Å². The van der Waals surface area contributed by atoms with E-state index in [2.05, 4.69) is 10.1 Å². The number of nitrogens with zero attached hydrogens (tertiary/aromatic N) is 4. The van der Waals surface area contributed by atoms with Gasteiger partial charge < -0.3 is 0 Å². The fourth-order valence-electron chi connectivity index (χ4n) is 2.70. The summed E-state index contributed by atoms with van der Waals surface area (Å²) in [4.78, 5) is 9.10. The van der Waals surface area contributed by atoms with Gasteiger partial charge in [0.15, 0.2) is 5.65 Å². The molecule has 0 fully saturated rings. The van der Waals surface area contributed by atoms with Gasteiger partial charge in [0.1, 0.15) is 0 Å². The molecule has 0 atom stereocenters. The topological polar surface area (TPSA) is 43.6 Å². The number of para-hydroxylation sites is 1. The molecule has 0 aliphatic rings. The van der Waals surface area contributed by atoms with Crippen LogP contribution < -0.4 is 0 Å². The van der Waals surface area contributed by atoms with E-state index < -0.39 is 0 Å². The summed E-state index contributed by atoms with van der Waals surface area (Å²) in [6.45, 7) is 2.53. The largest absolute Gasteiger partial charge is 0.259 e. The lowest BCUT2D eigenvalue weighted by Gasteiger charge is -2.05. The number of benzene rings is 1. The zero-order valence-corrected chi connectivity index (χ0v) is 12.7. The van der Waals surface area contributed by atoms with Gasteiger partial charge in [0, 0.05) is 11.6 Å². The van der Waals surface area contributed by atoms with Gasteiger partial charge in [-0.3, -0.25) is 4.98 Å². The predicted octanol–water partition coefficient (Wildman–Crippen LogP) is 3.99. The number of hydrogen-bond acceptors (Lipinski definition) is 3. The highest BCUT2D eigenvalue weighted by Gasteiger charge is 2.15. The van der Waals surface area contributed by atoms with Crippen LogP contribution in [0.1, 0.15) is 11.4 Å². The quantitative estimate of drug-likeness (QED) is 0.562. The SMILES string of the molecule is Cc1nn(Cc2ccccn2)c2nc3ccccc3c(Cl)c12. The van der Waals surface area contributed by atoms with Crippen molar-refractivity contribution in [3.63, 3.8) is 0 Å². The fourth-order valence-corrected chi connectivity index (χ4v) is 3.08. The van der Waals surface area contributed by atoms with Crippen LogP contribution in [0.25, 0.3) is 21.9 Å². The standard InChI is InChI=1S/C17H13ClN4/c1-11-15-16(18)13-7-2-3-8-14(13)20-17(15)22(21-11)10-12-6-4-5-9-19-12/h2-9H,10H2,1H3. The van der Waals surface area contributed by atoms with Crippen molar-refractivity contribution >= 4 is 33.5 Å². The Labute approximate surface area is 132 Å². The van der Waals surface area contributed by atoms with Crippen molar-refractivity contribution < 1.29 is 0 Å². The highest BCUT2D eigenvalue weighted by Crippen LogP contribution is 2.32. The van der Waals surface area contributed by atoms with Crippen molar-refractivity contribution in [1.82, 2.24) is 19.7 Å². The lowest BCUT2D eigenvalue weighted by molar-refractivity contribution is 0.682. The first-order valence-electron chi connectivity index (χ1n) is 7.05. The zero-order chi connectivity index (χ0) is 15.1. The summed E-state index contributed by atoms with van der Waals surface area (Å²) in [6.07, 6.45) is 1.78. The van der Waals surface area contributed by atoms with Crippen molar-refractivity contribution in [2.24, 2.45) is 0 Å². The molecule has 0 bridgehead atoms. The van der Waals surface area contributed by atoms with Crippen LogP contribution >= 0.6 is 11.6 Å². The van der Waals surface area contributed by atoms with Crippen LogP contribution in [0.3, 0.4) is 0 Å². The average Bonchev–Trinajstić information content (AvgIpc) is 2.85. The second kappa shape index (κ2) is 5.07. The van der Waals surface area contributed by atoms with E-state index in [1.54, 1.807) is 6.20 Å². The third-order valence-electron chi connectivity index (χ3n) is 3.72. The van der Waals surface area contributed by atoms with Crippen molar-refractivity contribution in [3.8, 4) is 0 Å². The fraction of sp³-hybridized carbons (Fsp3) is 0.118. The highest BCUT2D eigenvalue weighted by molar-refractivity contribution is 6.40. The lowest BCUT2D eigenvalue weighted by Crippen LogP contribution is -2.04. The number of halogens is 1. The minimum absolute atomic E-state index is 0.576. The van der Waals surface area contributed by atoms with E-state index in [9.17, 15) is 0 Å². The molecule has 0 unspecified atom stereocenters. The number of fused-ring (bicyclic) bond motifs is 2. The zero-order valence-electron chi connectivity index (χ0n) is 12.0. The molecule has 0 radical (unpaired) electrons. The van der Waals surface area contributed by atoms with Crippen LogP contribution in [0.4, 0.5) is 0 Å². The molecule has 108 valence electrons. The Bertz CT molecular complexity index is 976. The average molecular weight is 309 g/mol. The van der Waals surface area contributed by atoms with E-state index in [0.717, 1.165) is 33.3 Å². The van der Waals surface area contributed by atoms with E-state index >= 15 is 0 Å². The summed E-state index contributed by atoms with van der Waals surface area (Å²) in [7, 11) is 0. The Morgan fingerprint density at radius 3 is 2.73 bits per heavy atom.